The van der Waals surface area contributed by atoms with Crippen molar-refractivity contribution in [2.45, 2.75) is 19.3 Å². The number of guanidine groups is 1. The van der Waals surface area contributed by atoms with Crippen LogP contribution in [0.2, 0.25) is 0 Å². The molecule has 1 aliphatic heterocycles. The average molecular weight is 539 g/mol. The maximum absolute atomic E-state index is 11.5. The van der Waals surface area contributed by atoms with Crippen LogP contribution in [0.3, 0.4) is 0 Å². The molecule has 1 heterocycles. The first-order valence-corrected chi connectivity index (χ1v) is 9.46. The standard InChI is InChI=1S/C18H27BrN4O2.HI/c1-20-17(24)12-14-6-9-23(10-7-14)18(21-2)22-8-11-25-16-5-3-4-15(19)13-16;/h3-5,13-14H,6-12H2,1-2H3,(H,20,24)(H,21,22);1H. The van der Waals surface area contributed by atoms with Crippen molar-refractivity contribution < 1.29 is 9.53 Å². The van der Waals surface area contributed by atoms with Gasteiger partial charge >= 0.3 is 0 Å². The predicted molar refractivity (Wildman–Crippen MR) is 119 cm³/mol. The fourth-order valence-electron chi connectivity index (χ4n) is 2.93. The average Bonchev–Trinajstić information content (AvgIpc) is 2.63. The van der Waals surface area contributed by atoms with E-state index in [9.17, 15) is 4.79 Å². The predicted octanol–water partition coefficient (Wildman–Crippen LogP) is 2.87. The van der Waals surface area contributed by atoms with Crippen LogP contribution in [0.4, 0.5) is 0 Å². The van der Waals surface area contributed by atoms with Crippen LogP contribution in [-0.4, -0.2) is 57.1 Å². The number of ether oxygens (including phenoxy) is 1. The second kappa shape index (κ2) is 12.4. The molecule has 1 aromatic carbocycles. The quantitative estimate of drug-likeness (QED) is 0.253. The molecule has 0 spiro atoms. The smallest absolute Gasteiger partial charge is 0.220 e. The third-order valence-electron chi connectivity index (χ3n) is 4.33. The summed E-state index contributed by atoms with van der Waals surface area (Å²) in [5.74, 6) is 2.34. The number of nitrogens with zero attached hydrogens (tertiary/aromatic N) is 2. The van der Waals surface area contributed by atoms with E-state index >= 15 is 0 Å². The molecule has 6 nitrogen and oxygen atoms in total. The lowest BCUT2D eigenvalue weighted by Gasteiger charge is -2.34. The maximum atomic E-state index is 11.5. The van der Waals surface area contributed by atoms with Gasteiger partial charge in [-0.25, -0.2) is 0 Å². The lowest BCUT2D eigenvalue weighted by Crippen LogP contribution is -2.46. The van der Waals surface area contributed by atoms with E-state index in [1.165, 1.54) is 0 Å². The molecule has 1 fully saturated rings. The summed E-state index contributed by atoms with van der Waals surface area (Å²) in [6, 6.07) is 7.82. The van der Waals surface area contributed by atoms with Gasteiger partial charge in [-0.1, -0.05) is 22.0 Å². The lowest BCUT2D eigenvalue weighted by molar-refractivity contribution is -0.121. The largest absolute Gasteiger partial charge is 0.492 e. The number of hydrogen-bond donors (Lipinski definition) is 2. The lowest BCUT2D eigenvalue weighted by atomic mass is 9.93. The van der Waals surface area contributed by atoms with Crippen molar-refractivity contribution >= 4 is 51.8 Å². The fraction of sp³-hybridized carbons (Fsp3) is 0.556. The number of benzene rings is 1. The van der Waals surface area contributed by atoms with Crippen molar-refractivity contribution in [3.8, 4) is 5.75 Å². The van der Waals surface area contributed by atoms with Gasteiger partial charge in [0.15, 0.2) is 5.96 Å². The molecule has 146 valence electrons. The summed E-state index contributed by atoms with van der Waals surface area (Å²) in [6.45, 7) is 3.11. The van der Waals surface area contributed by atoms with E-state index in [4.69, 9.17) is 4.74 Å². The number of piperidine rings is 1. The summed E-state index contributed by atoms with van der Waals surface area (Å²) in [5, 5.41) is 6.05. The zero-order valence-corrected chi connectivity index (χ0v) is 19.2. The zero-order valence-electron chi connectivity index (χ0n) is 15.3. The Morgan fingerprint density at radius 1 is 1.38 bits per heavy atom. The first-order chi connectivity index (χ1) is 12.1. The molecular formula is C18H28BrIN4O2. The van der Waals surface area contributed by atoms with Crippen LogP contribution in [0, 0.1) is 5.92 Å². The molecule has 26 heavy (non-hydrogen) atoms. The molecular weight excluding hydrogens is 511 g/mol. The monoisotopic (exact) mass is 538 g/mol. The molecule has 2 N–H and O–H groups in total. The molecule has 1 aliphatic rings. The third kappa shape index (κ3) is 7.69. The molecule has 0 aromatic heterocycles. The highest BCUT2D eigenvalue weighted by molar-refractivity contribution is 14.0. The molecule has 0 unspecified atom stereocenters. The van der Waals surface area contributed by atoms with Crippen LogP contribution in [-0.2, 0) is 4.79 Å². The number of halogens is 2. The van der Waals surface area contributed by atoms with E-state index in [-0.39, 0.29) is 29.9 Å². The minimum atomic E-state index is 0. The second-order valence-corrected chi connectivity index (χ2v) is 7.00. The summed E-state index contributed by atoms with van der Waals surface area (Å²) < 4.78 is 6.74. The Hall–Kier alpha value is -1.03. The van der Waals surface area contributed by atoms with Crippen LogP contribution in [0.25, 0.3) is 0 Å². The van der Waals surface area contributed by atoms with Crippen molar-refractivity contribution in [2.75, 3.05) is 40.3 Å². The Bertz CT molecular complexity index is 592. The zero-order chi connectivity index (χ0) is 18.1. The highest BCUT2D eigenvalue weighted by Gasteiger charge is 2.22. The number of nitrogens with one attached hydrogen (secondary N) is 2. The van der Waals surface area contributed by atoms with E-state index in [1.807, 2.05) is 24.3 Å². The highest BCUT2D eigenvalue weighted by atomic mass is 127. The normalized spacial score (nSPS) is 15.2. The van der Waals surface area contributed by atoms with Crippen LogP contribution in [0.1, 0.15) is 19.3 Å². The van der Waals surface area contributed by atoms with Crippen LogP contribution >= 0.6 is 39.9 Å². The minimum Gasteiger partial charge on any atom is -0.492 e. The number of hydrogen-bond acceptors (Lipinski definition) is 3. The van der Waals surface area contributed by atoms with Gasteiger partial charge < -0.3 is 20.3 Å². The van der Waals surface area contributed by atoms with Gasteiger partial charge in [0.2, 0.25) is 5.91 Å². The second-order valence-electron chi connectivity index (χ2n) is 6.09. The number of carbonyl (C=O) groups is 1. The van der Waals surface area contributed by atoms with E-state index in [1.54, 1.807) is 14.1 Å². The van der Waals surface area contributed by atoms with Gasteiger partial charge in [0, 0.05) is 38.1 Å². The van der Waals surface area contributed by atoms with Gasteiger partial charge in [-0.15, -0.1) is 24.0 Å². The van der Waals surface area contributed by atoms with Gasteiger partial charge in [0.05, 0.1) is 6.54 Å². The fourth-order valence-corrected chi connectivity index (χ4v) is 3.31. The maximum Gasteiger partial charge on any atom is 0.220 e. The Balaban J connectivity index is 0.00000338. The van der Waals surface area contributed by atoms with Crippen molar-refractivity contribution in [1.82, 2.24) is 15.5 Å². The molecule has 8 heteroatoms. The van der Waals surface area contributed by atoms with Gasteiger partial charge in [0.25, 0.3) is 0 Å². The van der Waals surface area contributed by atoms with Crippen LogP contribution < -0.4 is 15.4 Å². The van der Waals surface area contributed by atoms with Gasteiger partial charge in [0.1, 0.15) is 12.4 Å². The molecule has 0 aliphatic carbocycles. The topological polar surface area (TPSA) is 66.0 Å². The van der Waals surface area contributed by atoms with Crippen LogP contribution in [0.5, 0.6) is 5.75 Å². The van der Waals surface area contributed by atoms with Crippen LogP contribution in [0.15, 0.2) is 33.7 Å². The minimum absolute atomic E-state index is 0. The number of aliphatic imine (C=N–C) groups is 1. The SMILES string of the molecule is CN=C(NCCOc1cccc(Br)c1)N1CCC(CC(=O)NC)CC1.I. The summed E-state index contributed by atoms with van der Waals surface area (Å²) in [6.07, 6.45) is 2.65. The van der Waals surface area contributed by atoms with Crippen molar-refractivity contribution in [3.63, 3.8) is 0 Å². The van der Waals surface area contributed by atoms with Gasteiger partial charge in [-0.2, -0.15) is 0 Å². The number of carbonyl (C=O) groups excluding carboxylic acids is 1. The molecule has 2 rings (SSSR count). The molecule has 0 bridgehead atoms. The Labute approximate surface area is 181 Å². The summed E-state index contributed by atoms with van der Waals surface area (Å²) in [4.78, 5) is 18.1. The van der Waals surface area contributed by atoms with Crippen molar-refractivity contribution in [3.05, 3.63) is 28.7 Å². The molecule has 0 atom stereocenters. The van der Waals surface area contributed by atoms with E-state index < -0.39 is 0 Å². The van der Waals surface area contributed by atoms with E-state index in [2.05, 4.69) is 36.5 Å². The number of likely N-dealkylation sites (tertiary alicyclic amines) is 1. The molecule has 1 amide bonds. The Kier molecular flexibility index (Phi) is 11.0. The van der Waals surface area contributed by atoms with E-state index in [0.29, 0.717) is 25.5 Å². The first-order valence-electron chi connectivity index (χ1n) is 8.67. The summed E-state index contributed by atoms with van der Waals surface area (Å²) in [5.41, 5.74) is 0. The number of rotatable bonds is 6. The summed E-state index contributed by atoms with van der Waals surface area (Å²) >= 11 is 3.44. The van der Waals surface area contributed by atoms with Crippen molar-refractivity contribution in [2.24, 2.45) is 10.9 Å². The Morgan fingerprint density at radius 3 is 2.73 bits per heavy atom. The third-order valence-corrected chi connectivity index (χ3v) is 4.82. The van der Waals surface area contributed by atoms with Crippen molar-refractivity contribution in [1.29, 1.82) is 0 Å². The summed E-state index contributed by atoms with van der Waals surface area (Å²) in [7, 11) is 3.49. The highest BCUT2D eigenvalue weighted by Crippen LogP contribution is 2.20. The van der Waals surface area contributed by atoms with Gasteiger partial charge in [-0.05, 0) is 37.0 Å². The van der Waals surface area contributed by atoms with Gasteiger partial charge in [-0.3, -0.25) is 9.79 Å². The Morgan fingerprint density at radius 2 is 2.12 bits per heavy atom. The molecule has 1 saturated heterocycles. The molecule has 0 radical (unpaired) electrons. The first kappa shape index (κ1) is 23.0. The number of amides is 1. The molecule has 0 saturated carbocycles. The van der Waals surface area contributed by atoms with E-state index in [0.717, 1.165) is 42.1 Å². The molecule has 1 aromatic rings.